The van der Waals surface area contributed by atoms with E-state index in [1.54, 1.807) is 24.3 Å². The molecule has 1 nitrogen and oxygen atoms in total. The fourth-order valence-electron chi connectivity index (χ4n) is 1.12. The van der Waals surface area contributed by atoms with Crippen LogP contribution in [0.25, 0.3) is 0 Å². The Morgan fingerprint density at radius 1 is 1.20 bits per heavy atom. The molecule has 2 aromatic rings. The van der Waals surface area contributed by atoms with Crippen molar-refractivity contribution in [3.63, 3.8) is 0 Å². The van der Waals surface area contributed by atoms with Crippen molar-refractivity contribution in [3.05, 3.63) is 59.4 Å². The number of rotatable bonds is 2. The maximum atomic E-state index is 12.8. The molecule has 0 amide bonds. The van der Waals surface area contributed by atoms with E-state index in [0.717, 1.165) is 0 Å². The molecule has 0 spiro atoms. The van der Waals surface area contributed by atoms with Crippen LogP contribution in [0, 0.1) is 11.9 Å². The smallest absolute Gasteiger partial charge is 0.142 e. The minimum absolute atomic E-state index is 0.0485. The van der Waals surface area contributed by atoms with Crippen LogP contribution < -0.4 is 4.74 Å². The average Bonchev–Trinajstić information content (AvgIpc) is 2.25. The zero-order valence-electron chi connectivity index (χ0n) is 7.71. The lowest BCUT2D eigenvalue weighted by atomic mass is 10.3. The molecule has 0 saturated heterocycles. The van der Waals surface area contributed by atoms with Crippen LogP contribution in [0.1, 0.15) is 0 Å². The quantitative estimate of drug-likeness (QED) is 0.743. The molecule has 75 valence electrons. The van der Waals surface area contributed by atoms with Gasteiger partial charge in [0.05, 0.1) is 5.02 Å². The summed E-state index contributed by atoms with van der Waals surface area (Å²) in [5, 5.41) is 0.0485. The minimum Gasteiger partial charge on any atom is -0.457 e. The van der Waals surface area contributed by atoms with Crippen molar-refractivity contribution in [2.45, 2.75) is 0 Å². The lowest BCUT2D eigenvalue weighted by Crippen LogP contribution is -1.84. The lowest BCUT2D eigenvalue weighted by molar-refractivity contribution is 0.480. The standard InChI is InChI=1S/C12H7ClFO/c13-11-8-10(6-7-12(11)14)15-9-4-2-1-3-5-9/h1-2,4-8H. The van der Waals surface area contributed by atoms with Crippen molar-refractivity contribution < 1.29 is 9.13 Å². The summed E-state index contributed by atoms with van der Waals surface area (Å²) < 4.78 is 18.3. The molecule has 0 unspecified atom stereocenters. The Morgan fingerprint density at radius 3 is 2.73 bits per heavy atom. The van der Waals surface area contributed by atoms with Crippen molar-refractivity contribution >= 4 is 11.6 Å². The van der Waals surface area contributed by atoms with Crippen molar-refractivity contribution in [3.8, 4) is 11.5 Å². The molecule has 0 saturated carbocycles. The Morgan fingerprint density at radius 2 is 2.07 bits per heavy atom. The second-order valence-corrected chi connectivity index (χ2v) is 3.32. The van der Waals surface area contributed by atoms with E-state index in [1.807, 2.05) is 0 Å². The molecule has 0 aliphatic heterocycles. The lowest BCUT2D eigenvalue weighted by Gasteiger charge is -2.05. The molecule has 0 aromatic heterocycles. The zero-order valence-corrected chi connectivity index (χ0v) is 8.46. The Bertz CT molecular complexity index is 456. The monoisotopic (exact) mass is 221 g/mol. The first kappa shape index (κ1) is 9.99. The molecule has 0 N–H and O–H groups in total. The highest BCUT2D eigenvalue weighted by Crippen LogP contribution is 2.25. The third-order valence-electron chi connectivity index (χ3n) is 1.81. The van der Waals surface area contributed by atoms with E-state index in [-0.39, 0.29) is 5.02 Å². The molecule has 2 rings (SSSR count). The van der Waals surface area contributed by atoms with Gasteiger partial charge in [0.2, 0.25) is 0 Å². The fourth-order valence-corrected chi connectivity index (χ4v) is 1.29. The third kappa shape index (κ3) is 2.48. The van der Waals surface area contributed by atoms with E-state index in [0.29, 0.717) is 11.5 Å². The van der Waals surface area contributed by atoms with E-state index < -0.39 is 5.82 Å². The van der Waals surface area contributed by atoms with Gasteiger partial charge in [-0.2, -0.15) is 0 Å². The Balaban J connectivity index is 2.22. The van der Waals surface area contributed by atoms with Crippen LogP contribution in [0.15, 0.2) is 42.5 Å². The topological polar surface area (TPSA) is 9.23 Å². The molecular weight excluding hydrogens is 215 g/mol. The maximum absolute atomic E-state index is 12.8. The highest BCUT2D eigenvalue weighted by molar-refractivity contribution is 6.30. The van der Waals surface area contributed by atoms with Gasteiger partial charge in [-0.15, -0.1) is 0 Å². The average molecular weight is 222 g/mol. The number of ether oxygens (including phenoxy) is 1. The highest BCUT2D eigenvalue weighted by Gasteiger charge is 2.02. The minimum atomic E-state index is -0.455. The number of hydrogen-bond donors (Lipinski definition) is 0. The van der Waals surface area contributed by atoms with Gasteiger partial charge < -0.3 is 4.74 Å². The SMILES string of the molecule is Fc1ccc(Oc2c[c]ccc2)cc1Cl. The molecule has 2 aromatic carbocycles. The first-order valence-electron chi connectivity index (χ1n) is 4.35. The van der Waals surface area contributed by atoms with E-state index >= 15 is 0 Å². The summed E-state index contributed by atoms with van der Waals surface area (Å²) in [6.07, 6.45) is 0. The Hall–Kier alpha value is -1.54. The van der Waals surface area contributed by atoms with Gasteiger partial charge in [-0.3, -0.25) is 0 Å². The Kier molecular flexibility index (Phi) is 2.88. The van der Waals surface area contributed by atoms with Crippen LogP contribution in [0.2, 0.25) is 5.02 Å². The third-order valence-corrected chi connectivity index (χ3v) is 2.09. The largest absolute Gasteiger partial charge is 0.457 e. The van der Waals surface area contributed by atoms with Crippen molar-refractivity contribution in [1.82, 2.24) is 0 Å². The first-order valence-corrected chi connectivity index (χ1v) is 4.72. The second-order valence-electron chi connectivity index (χ2n) is 2.92. The molecule has 0 aliphatic rings. The molecule has 0 fully saturated rings. The number of hydrogen-bond acceptors (Lipinski definition) is 1. The van der Waals surface area contributed by atoms with Gasteiger partial charge >= 0.3 is 0 Å². The summed E-state index contributed by atoms with van der Waals surface area (Å²) in [4.78, 5) is 0. The van der Waals surface area contributed by atoms with Crippen molar-refractivity contribution in [2.75, 3.05) is 0 Å². The summed E-state index contributed by atoms with van der Waals surface area (Å²) in [6.45, 7) is 0. The van der Waals surface area contributed by atoms with E-state index in [9.17, 15) is 4.39 Å². The molecule has 0 aliphatic carbocycles. The Labute approximate surface area is 92.1 Å². The van der Waals surface area contributed by atoms with Gasteiger partial charge in [-0.25, -0.2) is 4.39 Å². The van der Waals surface area contributed by atoms with Gasteiger partial charge in [-0.1, -0.05) is 23.7 Å². The van der Waals surface area contributed by atoms with Crippen molar-refractivity contribution in [1.29, 1.82) is 0 Å². The van der Waals surface area contributed by atoms with E-state index in [1.165, 1.54) is 18.2 Å². The fraction of sp³-hybridized carbons (Fsp3) is 0. The first-order chi connectivity index (χ1) is 7.25. The van der Waals surface area contributed by atoms with E-state index in [4.69, 9.17) is 16.3 Å². The summed E-state index contributed by atoms with van der Waals surface area (Å²) in [7, 11) is 0. The molecule has 1 radical (unpaired) electrons. The van der Waals surface area contributed by atoms with Crippen molar-refractivity contribution in [2.24, 2.45) is 0 Å². The van der Waals surface area contributed by atoms with Gasteiger partial charge in [0.1, 0.15) is 17.3 Å². The molecule has 0 bridgehead atoms. The second kappa shape index (κ2) is 4.32. The molecule has 0 atom stereocenters. The van der Waals surface area contributed by atoms with Crippen LogP contribution in [0.4, 0.5) is 4.39 Å². The van der Waals surface area contributed by atoms with Gasteiger partial charge in [0, 0.05) is 6.07 Å². The molecule has 0 heterocycles. The molecular formula is C12H7ClFO. The number of benzene rings is 2. The van der Waals surface area contributed by atoms with Crippen LogP contribution in [0.5, 0.6) is 11.5 Å². The van der Waals surface area contributed by atoms with Crippen LogP contribution in [0.3, 0.4) is 0 Å². The van der Waals surface area contributed by atoms with Crippen LogP contribution in [-0.2, 0) is 0 Å². The summed E-state index contributed by atoms with van der Waals surface area (Å²) >= 11 is 5.62. The maximum Gasteiger partial charge on any atom is 0.142 e. The predicted molar refractivity (Wildman–Crippen MR) is 56.8 cm³/mol. The van der Waals surface area contributed by atoms with Crippen LogP contribution >= 0.6 is 11.6 Å². The van der Waals surface area contributed by atoms with Gasteiger partial charge in [0.15, 0.2) is 0 Å². The summed E-state index contributed by atoms with van der Waals surface area (Å²) in [5.74, 6) is 0.685. The normalized spacial score (nSPS) is 10.0. The molecule has 3 heteroatoms. The predicted octanol–water partition coefficient (Wildman–Crippen LogP) is 4.07. The number of halogens is 2. The van der Waals surface area contributed by atoms with Gasteiger partial charge in [-0.05, 0) is 30.3 Å². The van der Waals surface area contributed by atoms with Gasteiger partial charge in [0.25, 0.3) is 0 Å². The van der Waals surface area contributed by atoms with Crippen LogP contribution in [-0.4, -0.2) is 0 Å². The summed E-state index contributed by atoms with van der Waals surface area (Å²) in [5.41, 5.74) is 0. The zero-order chi connectivity index (χ0) is 10.7. The molecule has 15 heavy (non-hydrogen) atoms. The highest BCUT2D eigenvalue weighted by atomic mass is 35.5. The summed E-state index contributed by atoms with van der Waals surface area (Å²) in [6, 6.07) is 14.2. The van der Waals surface area contributed by atoms with E-state index in [2.05, 4.69) is 6.07 Å².